The molecule has 7 heteroatoms. The topological polar surface area (TPSA) is 61.5 Å². The van der Waals surface area contributed by atoms with Crippen LogP contribution in [-0.4, -0.2) is 35.3 Å². The summed E-state index contributed by atoms with van der Waals surface area (Å²) in [5.41, 5.74) is 3.33. The van der Waals surface area contributed by atoms with Gasteiger partial charge in [0.2, 0.25) is 5.16 Å². The molecule has 0 unspecified atom stereocenters. The van der Waals surface area contributed by atoms with Crippen LogP contribution in [0.15, 0.2) is 59.0 Å². The Hall–Kier alpha value is -2.80. The molecule has 0 N–H and O–H groups in total. The molecule has 0 amide bonds. The van der Waals surface area contributed by atoms with Gasteiger partial charge < -0.3 is 9.47 Å². The van der Waals surface area contributed by atoms with Crippen molar-refractivity contribution in [3.8, 4) is 11.5 Å². The van der Waals surface area contributed by atoms with E-state index in [0.29, 0.717) is 5.75 Å². The van der Waals surface area contributed by atoms with E-state index in [0.717, 1.165) is 22.2 Å². The highest BCUT2D eigenvalue weighted by atomic mass is 32.2. The van der Waals surface area contributed by atoms with Crippen LogP contribution >= 0.6 is 11.8 Å². The van der Waals surface area contributed by atoms with Gasteiger partial charge in [0.1, 0.15) is 17.8 Å². The Kier molecular flexibility index (Phi) is 5.91. The maximum Gasteiger partial charge on any atom is 0.212 e. The number of methoxy groups -OCH3 is 2. The number of ether oxygens (including phenoxy) is 2. The summed E-state index contributed by atoms with van der Waals surface area (Å²) in [6.07, 6.45) is 3.31. The molecule has 0 saturated heterocycles. The summed E-state index contributed by atoms with van der Waals surface area (Å²) >= 11 is 1.59. The van der Waals surface area contributed by atoms with Gasteiger partial charge in [-0.2, -0.15) is 9.78 Å². The van der Waals surface area contributed by atoms with Crippen LogP contribution in [-0.2, 0) is 5.75 Å². The van der Waals surface area contributed by atoms with Crippen molar-refractivity contribution in [3.05, 3.63) is 65.5 Å². The summed E-state index contributed by atoms with van der Waals surface area (Å²) in [7, 11) is 3.24. The van der Waals surface area contributed by atoms with Crippen LogP contribution < -0.4 is 9.47 Å². The number of thioether (sulfide) groups is 1. The molecular weight excluding hydrogens is 348 g/mol. The maximum atomic E-state index is 5.39. The van der Waals surface area contributed by atoms with E-state index in [9.17, 15) is 0 Å². The number of hydrogen-bond donors (Lipinski definition) is 0. The normalized spacial score (nSPS) is 11.0. The molecule has 3 rings (SSSR count). The van der Waals surface area contributed by atoms with E-state index in [1.165, 1.54) is 11.1 Å². The van der Waals surface area contributed by atoms with E-state index >= 15 is 0 Å². The first-order valence-corrected chi connectivity index (χ1v) is 9.03. The van der Waals surface area contributed by atoms with Crippen molar-refractivity contribution in [1.29, 1.82) is 0 Å². The van der Waals surface area contributed by atoms with Gasteiger partial charge in [-0.15, -0.1) is 10.2 Å². The molecule has 0 aliphatic rings. The summed E-state index contributed by atoms with van der Waals surface area (Å²) in [6, 6.07) is 14.0. The van der Waals surface area contributed by atoms with E-state index in [2.05, 4.69) is 46.5 Å². The fraction of sp³-hybridized carbons (Fsp3) is 0.211. The molecule has 1 heterocycles. The number of rotatable bonds is 7. The molecule has 0 spiro atoms. The Morgan fingerprint density at radius 3 is 2.65 bits per heavy atom. The predicted octanol–water partition coefficient (Wildman–Crippen LogP) is 3.78. The molecular formula is C19H20N4O2S. The van der Waals surface area contributed by atoms with Gasteiger partial charge in [0.25, 0.3) is 0 Å². The van der Waals surface area contributed by atoms with Crippen LogP contribution in [0, 0.1) is 6.92 Å². The standard InChI is InChI=1S/C19H20N4O2S/c1-14-4-6-15(7-5-14)12-26-19-22-20-13-23(19)21-11-16-8-9-17(24-2)10-18(16)25-3/h4-11,13H,12H2,1-3H3. The number of nitrogens with zero attached hydrogens (tertiary/aromatic N) is 4. The van der Waals surface area contributed by atoms with E-state index in [4.69, 9.17) is 9.47 Å². The summed E-state index contributed by atoms with van der Waals surface area (Å²) < 4.78 is 12.3. The fourth-order valence-corrected chi connectivity index (χ4v) is 3.09. The smallest absolute Gasteiger partial charge is 0.212 e. The zero-order chi connectivity index (χ0) is 18.4. The van der Waals surface area contributed by atoms with Gasteiger partial charge in [-0.25, -0.2) is 0 Å². The van der Waals surface area contributed by atoms with Crippen LogP contribution in [0.4, 0.5) is 0 Å². The van der Waals surface area contributed by atoms with Crippen LogP contribution in [0.25, 0.3) is 0 Å². The first-order chi connectivity index (χ1) is 12.7. The molecule has 0 aliphatic carbocycles. The van der Waals surface area contributed by atoms with Crippen molar-refractivity contribution in [2.45, 2.75) is 17.8 Å². The third-order valence-electron chi connectivity index (χ3n) is 3.75. The van der Waals surface area contributed by atoms with Crippen LogP contribution in [0.2, 0.25) is 0 Å². The van der Waals surface area contributed by atoms with Crippen molar-refractivity contribution in [2.24, 2.45) is 5.10 Å². The molecule has 1 aromatic heterocycles. The highest BCUT2D eigenvalue weighted by Crippen LogP contribution is 2.24. The highest BCUT2D eigenvalue weighted by Gasteiger charge is 2.06. The van der Waals surface area contributed by atoms with Crippen molar-refractivity contribution in [3.63, 3.8) is 0 Å². The second kappa shape index (κ2) is 8.53. The maximum absolute atomic E-state index is 5.39. The van der Waals surface area contributed by atoms with Crippen molar-refractivity contribution in [1.82, 2.24) is 14.9 Å². The summed E-state index contributed by atoms with van der Waals surface area (Å²) in [5, 5.41) is 13.3. The van der Waals surface area contributed by atoms with Gasteiger partial charge in [-0.05, 0) is 24.6 Å². The van der Waals surface area contributed by atoms with Gasteiger partial charge in [0.05, 0.1) is 20.4 Å². The zero-order valence-electron chi connectivity index (χ0n) is 14.9. The SMILES string of the molecule is COc1ccc(C=Nn2cnnc2SCc2ccc(C)cc2)c(OC)c1. The third-order valence-corrected chi connectivity index (χ3v) is 4.76. The number of aryl methyl sites for hydroxylation is 1. The van der Waals surface area contributed by atoms with Gasteiger partial charge in [0.15, 0.2) is 0 Å². The molecule has 0 fully saturated rings. The van der Waals surface area contributed by atoms with Crippen molar-refractivity contribution < 1.29 is 9.47 Å². The predicted molar refractivity (Wildman–Crippen MR) is 103 cm³/mol. The molecule has 0 saturated carbocycles. The summed E-state index contributed by atoms with van der Waals surface area (Å²) in [6.45, 7) is 2.08. The second-order valence-electron chi connectivity index (χ2n) is 5.58. The Morgan fingerprint density at radius 1 is 1.12 bits per heavy atom. The van der Waals surface area contributed by atoms with E-state index in [-0.39, 0.29) is 0 Å². The lowest BCUT2D eigenvalue weighted by Gasteiger charge is -2.07. The molecule has 26 heavy (non-hydrogen) atoms. The average molecular weight is 368 g/mol. The van der Waals surface area contributed by atoms with E-state index in [1.807, 2.05) is 18.2 Å². The van der Waals surface area contributed by atoms with Crippen molar-refractivity contribution in [2.75, 3.05) is 14.2 Å². The van der Waals surface area contributed by atoms with E-state index in [1.54, 1.807) is 43.2 Å². The molecule has 0 radical (unpaired) electrons. The summed E-state index contributed by atoms with van der Waals surface area (Å²) in [4.78, 5) is 0. The van der Waals surface area contributed by atoms with Gasteiger partial charge in [-0.3, -0.25) is 0 Å². The molecule has 6 nitrogen and oxygen atoms in total. The van der Waals surface area contributed by atoms with E-state index < -0.39 is 0 Å². The van der Waals surface area contributed by atoms with Crippen LogP contribution in [0.1, 0.15) is 16.7 Å². The molecule has 3 aromatic rings. The zero-order valence-corrected chi connectivity index (χ0v) is 15.7. The minimum atomic E-state index is 0.690. The molecule has 2 aromatic carbocycles. The minimum Gasteiger partial charge on any atom is -0.497 e. The Bertz CT molecular complexity index is 891. The van der Waals surface area contributed by atoms with Crippen LogP contribution in [0.5, 0.6) is 11.5 Å². The average Bonchev–Trinajstić information content (AvgIpc) is 3.13. The molecule has 0 bridgehead atoms. The van der Waals surface area contributed by atoms with Crippen molar-refractivity contribution >= 4 is 18.0 Å². The first-order valence-electron chi connectivity index (χ1n) is 8.04. The molecule has 0 aliphatic heterocycles. The molecule has 134 valence electrons. The first kappa shape index (κ1) is 18.0. The Balaban J connectivity index is 1.72. The largest absolute Gasteiger partial charge is 0.497 e. The second-order valence-corrected chi connectivity index (χ2v) is 6.53. The van der Waals surface area contributed by atoms with Gasteiger partial charge in [-0.1, -0.05) is 41.6 Å². The quantitative estimate of drug-likeness (QED) is 0.469. The minimum absolute atomic E-state index is 0.690. The third kappa shape index (κ3) is 4.43. The van der Waals surface area contributed by atoms with Gasteiger partial charge >= 0.3 is 0 Å². The summed E-state index contributed by atoms with van der Waals surface area (Å²) in [5.74, 6) is 2.23. The van der Waals surface area contributed by atoms with Crippen LogP contribution in [0.3, 0.4) is 0 Å². The number of aromatic nitrogens is 3. The lowest BCUT2D eigenvalue weighted by molar-refractivity contribution is 0.394. The molecule has 0 atom stereocenters. The van der Waals surface area contributed by atoms with Gasteiger partial charge in [0, 0.05) is 17.4 Å². The fourth-order valence-electron chi connectivity index (χ4n) is 2.28. The Labute approximate surface area is 156 Å². The lowest BCUT2D eigenvalue weighted by atomic mass is 10.2. The number of hydrogen-bond acceptors (Lipinski definition) is 6. The highest BCUT2D eigenvalue weighted by molar-refractivity contribution is 7.98. The number of benzene rings is 2. The monoisotopic (exact) mass is 368 g/mol. The lowest BCUT2D eigenvalue weighted by Crippen LogP contribution is -1.96. The Morgan fingerprint density at radius 2 is 1.92 bits per heavy atom.